The molecule has 2 aliphatic carbocycles. The molecule has 1 saturated carbocycles. The van der Waals surface area contributed by atoms with Crippen molar-refractivity contribution < 1.29 is 14.3 Å². The second kappa shape index (κ2) is 14.9. The van der Waals surface area contributed by atoms with Crippen LogP contribution >= 0.6 is 0 Å². The largest absolute Gasteiger partial charge is 0.481 e. The summed E-state index contributed by atoms with van der Waals surface area (Å²) >= 11 is 0. The lowest BCUT2D eigenvalue weighted by atomic mass is 9.78. The van der Waals surface area contributed by atoms with E-state index in [2.05, 4.69) is 35.6 Å². The molecular weight excluding hydrogens is 617 g/mol. The normalized spacial score (nSPS) is 26.7. The molecule has 3 aromatic rings. The number of hydrogen-bond acceptors (Lipinski definition) is 7. The third-order valence-corrected chi connectivity index (χ3v) is 12.3. The molecular formula is C39H54FN7O2. The Morgan fingerprint density at radius 2 is 1.84 bits per heavy atom. The molecule has 2 bridgehead atoms. The second-order valence-electron chi connectivity index (χ2n) is 15.3. The van der Waals surface area contributed by atoms with Gasteiger partial charge in [-0.1, -0.05) is 25.5 Å². The average Bonchev–Trinajstić information content (AvgIpc) is 3.54. The number of halogens is 1. The van der Waals surface area contributed by atoms with Gasteiger partial charge in [-0.3, -0.25) is 14.4 Å². The lowest BCUT2D eigenvalue weighted by Gasteiger charge is -2.38. The van der Waals surface area contributed by atoms with Gasteiger partial charge in [0.2, 0.25) is 0 Å². The Balaban J connectivity index is 1.18. The fraction of sp³-hybridized carbons (Fsp3) is 0.641. The number of hydrogen-bond donors (Lipinski definition) is 3. The van der Waals surface area contributed by atoms with E-state index in [0.29, 0.717) is 30.6 Å². The van der Waals surface area contributed by atoms with Crippen LogP contribution in [0.2, 0.25) is 0 Å². The van der Waals surface area contributed by atoms with E-state index in [1.54, 1.807) is 6.07 Å². The number of carbonyl (C=O) groups is 1. The predicted octanol–water partition coefficient (Wildman–Crippen LogP) is 6.86. The van der Waals surface area contributed by atoms with Gasteiger partial charge in [0.1, 0.15) is 17.5 Å². The molecule has 0 radical (unpaired) electrons. The van der Waals surface area contributed by atoms with Crippen LogP contribution in [0.5, 0.6) is 0 Å². The van der Waals surface area contributed by atoms with Crippen molar-refractivity contribution in [3.8, 4) is 0 Å². The number of carboxylic acids is 1. The van der Waals surface area contributed by atoms with Crippen LogP contribution in [0.1, 0.15) is 123 Å². The van der Waals surface area contributed by atoms with Crippen LogP contribution in [0.15, 0.2) is 30.5 Å². The Morgan fingerprint density at radius 1 is 1.06 bits per heavy atom. The molecule has 2 saturated heterocycles. The van der Waals surface area contributed by atoms with E-state index in [4.69, 9.17) is 15.1 Å². The van der Waals surface area contributed by atoms with Crippen molar-refractivity contribution in [2.45, 2.75) is 134 Å². The molecule has 9 nitrogen and oxygen atoms in total. The highest BCUT2D eigenvalue weighted by molar-refractivity contribution is 5.70. The molecule has 264 valence electrons. The summed E-state index contributed by atoms with van der Waals surface area (Å²) in [7, 11) is 2.00. The van der Waals surface area contributed by atoms with E-state index < -0.39 is 5.97 Å². The van der Waals surface area contributed by atoms with Gasteiger partial charge in [0, 0.05) is 54.7 Å². The summed E-state index contributed by atoms with van der Waals surface area (Å²) < 4.78 is 16.2. The molecule has 5 atom stereocenters. The summed E-state index contributed by atoms with van der Waals surface area (Å²) in [5.41, 5.74) is 5.53. The van der Waals surface area contributed by atoms with Crippen molar-refractivity contribution in [1.82, 2.24) is 30.0 Å². The van der Waals surface area contributed by atoms with E-state index in [0.717, 1.165) is 92.1 Å². The quantitative estimate of drug-likeness (QED) is 0.192. The molecule has 10 heteroatoms. The van der Waals surface area contributed by atoms with Crippen LogP contribution in [0.4, 0.5) is 10.2 Å². The molecule has 0 amide bonds. The fourth-order valence-corrected chi connectivity index (χ4v) is 9.62. The van der Waals surface area contributed by atoms with E-state index >= 15 is 0 Å². The summed E-state index contributed by atoms with van der Waals surface area (Å²) in [6, 6.07) is 8.68. The highest BCUT2D eigenvalue weighted by Gasteiger charge is 2.39. The Labute approximate surface area is 290 Å². The summed E-state index contributed by atoms with van der Waals surface area (Å²) in [4.78, 5) is 24.8. The third-order valence-electron chi connectivity index (χ3n) is 12.3. The zero-order valence-corrected chi connectivity index (χ0v) is 29.5. The first-order chi connectivity index (χ1) is 23.7. The number of anilines is 1. The van der Waals surface area contributed by atoms with Crippen LogP contribution in [0.25, 0.3) is 0 Å². The maximum Gasteiger partial charge on any atom is 0.306 e. The molecule has 2 aromatic heterocycles. The van der Waals surface area contributed by atoms with E-state index in [1.807, 2.05) is 23.9 Å². The maximum absolute atomic E-state index is 14.3. The summed E-state index contributed by atoms with van der Waals surface area (Å²) in [5.74, 6) is 1.30. The number of aliphatic carboxylic acids is 1. The first kappa shape index (κ1) is 34.1. The van der Waals surface area contributed by atoms with Gasteiger partial charge in [-0.05, 0) is 114 Å². The SMILES string of the molecule is CC[C@@H](NCc1nc2c(c(N[C@@H](CN3[C@@H]4CCC[C@@H]3CC4)c3cn(C)nc3C)n1)C[C@H](c1cccc(F)c1)CC2)C1CCC(C(=O)O)CC1. The number of rotatable bonds is 12. The minimum atomic E-state index is -0.658. The molecule has 4 heterocycles. The molecule has 3 fully saturated rings. The molecule has 1 aromatic carbocycles. The number of aromatic nitrogens is 4. The maximum atomic E-state index is 14.3. The minimum Gasteiger partial charge on any atom is -0.481 e. The highest BCUT2D eigenvalue weighted by Crippen LogP contribution is 2.40. The number of nitrogens with zero attached hydrogens (tertiary/aromatic N) is 5. The van der Waals surface area contributed by atoms with Crippen LogP contribution in [-0.4, -0.2) is 60.4 Å². The topological polar surface area (TPSA) is 108 Å². The van der Waals surface area contributed by atoms with Crippen molar-refractivity contribution in [2.75, 3.05) is 11.9 Å². The molecule has 4 aliphatic rings. The summed E-state index contributed by atoms with van der Waals surface area (Å²) in [6.45, 7) is 5.80. The van der Waals surface area contributed by atoms with Gasteiger partial charge >= 0.3 is 5.97 Å². The van der Waals surface area contributed by atoms with Gasteiger partial charge in [0.25, 0.3) is 0 Å². The van der Waals surface area contributed by atoms with E-state index in [-0.39, 0.29) is 23.7 Å². The van der Waals surface area contributed by atoms with Gasteiger partial charge in [-0.15, -0.1) is 0 Å². The van der Waals surface area contributed by atoms with Crippen molar-refractivity contribution in [1.29, 1.82) is 0 Å². The zero-order valence-electron chi connectivity index (χ0n) is 29.5. The highest BCUT2D eigenvalue weighted by atomic mass is 19.1. The molecule has 49 heavy (non-hydrogen) atoms. The van der Waals surface area contributed by atoms with Crippen molar-refractivity contribution in [2.24, 2.45) is 18.9 Å². The van der Waals surface area contributed by atoms with Crippen LogP contribution in [0.3, 0.4) is 0 Å². The molecule has 7 rings (SSSR count). The molecule has 0 spiro atoms. The molecule has 3 N–H and O–H groups in total. The second-order valence-corrected chi connectivity index (χ2v) is 15.3. The Bertz CT molecular complexity index is 1600. The van der Waals surface area contributed by atoms with Crippen molar-refractivity contribution in [3.63, 3.8) is 0 Å². The predicted molar refractivity (Wildman–Crippen MR) is 189 cm³/mol. The Kier molecular flexibility index (Phi) is 10.3. The van der Waals surface area contributed by atoms with Crippen molar-refractivity contribution >= 4 is 11.8 Å². The zero-order chi connectivity index (χ0) is 34.1. The van der Waals surface area contributed by atoms with Gasteiger partial charge in [0.05, 0.1) is 24.2 Å². The first-order valence-electron chi connectivity index (χ1n) is 18.9. The monoisotopic (exact) mass is 671 g/mol. The lowest BCUT2D eigenvalue weighted by Crippen LogP contribution is -2.43. The molecule has 0 unspecified atom stereocenters. The smallest absolute Gasteiger partial charge is 0.306 e. The van der Waals surface area contributed by atoms with Gasteiger partial charge in [-0.2, -0.15) is 5.10 Å². The summed E-state index contributed by atoms with van der Waals surface area (Å²) in [5, 5.41) is 22.0. The van der Waals surface area contributed by atoms with Crippen molar-refractivity contribution in [3.05, 3.63) is 70.2 Å². The number of aryl methyl sites for hydroxylation is 3. The number of benzene rings is 1. The van der Waals surface area contributed by atoms with Crippen LogP contribution < -0.4 is 10.6 Å². The number of piperidine rings is 1. The average molecular weight is 672 g/mol. The fourth-order valence-electron chi connectivity index (χ4n) is 9.62. The van der Waals surface area contributed by atoms with E-state index in [9.17, 15) is 14.3 Å². The van der Waals surface area contributed by atoms with E-state index in [1.165, 1.54) is 43.7 Å². The summed E-state index contributed by atoms with van der Waals surface area (Å²) in [6.07, 6.45) is 15.5. The lowest BCUT2D eigenvalue weighted by molar-refractivity contribution is -0.143. The number of fused-ring (bicyclic) bond motifs is 3. The van der Waals surface area contributed by atoms with Crippen LogP contribution in [0, 0.1) is 24.6 Å². The minimum absolute atomic E-state index is 0.0251. The van der Waals surface area contributed by atoms with Gasteiger partial charge in [0.15, 0.2) is 0 Å². The Hall–Kier alpha value is -3.37. The van der Waals surface area contributed by atoms with Gasteiger partial charge in [-0.25, -0.2) is 14.4 Å². The number of nitrogens with one attached hydrogen (secondary N) is 2. The van der Waals surface area contributed by atoms with Crippen LogP contribution in [-0.2, 0) is 31.2 Å². The molecule has 2 aliphatic heterocycles. The van der Waals surface area contributed by atoms with Gasteiger partial charge < -0.3 is 15.7 Å². The standard InChI is InChI=1S/C39H54FN7O2/c1-4-34(25-11-13-26(14-12-25)39(48)49)41-21-37-42-35-18-15-28(27-7-5-8-29(40)19-27)20-32(35)38(44-37)43-36(33-22-46(3)45-24(33)2)23-47-30-9-6-10-31(47)17-16-30/h5,7-8,19,22,25-26,28,30-31,34,36,41H,4,6,9-18,20-21,23H2,1-3H3,(H,48,49)(H,42,43,44)/t25?,26?,28-,30-,31-,34-,36+/m1/s1. The Morgan fingerprint density at radius 3 is 2.51 bits per heavy atom. The first-order valence-corrected chi connectivity index (χ1v) is 18.9. The number of carboxylic acid groups (broad SMARTS) is 1. The third kappa shape index (κ3) is 7.55.